The molecular formula is C22H14FN3O3S. The van der Waals surface area contributed by atoms with E-state index >= 15 is 0 Å². The van der Waals surface area contributed by atoms with Crippen molar-refractivity contribution >= 4 is 22.4 Å². The van der Waals surface area contributed by atoms with Crippen molar-refractivity contribution in [1.82, 2.24) is 14.6 Å². The van der Waals surface area contributed by atoms with Crippen LogP contribution in [0.4, 0.5) is 4.39 Å². The van der Waals surface area contributed by atoms with Gasteiger partial charge >= 0.3 is 0 Å². The van der Waals surface area contributed by atoms with E-state index in [-0.39, 0.29) is 11.4 Å². The number of aromatic nitrogens is 3. The molecule has 0 spiro atoms. The summed E-state index contributed by atoms with van der Waals surface area (Å²) >= 11 is 1.24. The summed E-state index contributed by atoms with van der Waals surface area (Å²) < 4.78 is 25.8. The molecule has 0 radical (unpaired) electrons. The lowest BCUT2D eigenvalue weighted by Crippen LogP contribution is -2.23. The zero-order valence-corrected chi connectivity index (χ0v) is 16.5. The van der Waals surface area contributed by atoms with E-state index in [1.54, 1.807) is 37.5 Å². The summed E-state index contributed by atoms with van der Waals surface area (Å²) in [4.78, 5) is 17.7. The topological polar surface area (TPSA) is 69.6 Å². The van der Waals surface area contributed by atoms with Gasteiger partial charge < -0.3 is 9.15 Å². The Bertz CT molecular complexity index is 1450. The highest BCUT2D eigenvalue weighted by molar-refractivity contribution is 7.15. The minimum absolute atomic E-state index is 0.262. The van der Waals surface area contributed by atoms with E-state index in [0.29, 0.717) is 26.8 Å². The highest BCUT2D eigenvalue weighted by Gasteiger charge is 2.13. The van der Waals surface area contributed by atoms with Crippen LogP contribution in [0.3, 0.4) is 0 Å². The number of nitrogens with zero attached hydrogens (tertiary/aromatic N) is 3. The van der Waals surface area contributed by atoms with Gasteiger partial charge in [0.15, 0.2) is 5.82 Å². The molecule has 0 saturated heterocycles. The van der Waals surface area contributed by atoms with Gasteiger partial charge in [0, 0.05) is 17.2 Å². The van der Waals surface area contributed by atoms with Crippen LogP contribution in [-0.4, -0.2) is 21.7 Å². The first kappa shape index (κ1) is 18.3. The molecule has 0 aliphatic carbocycles. The predicted molar refractivity (Wildman–Crippen MR) is 112 cm³/mol. The molecule has 148 valence electrons. The lowest BCUT2D eigenvalue weighted by molar-refractivity contribution is 0.415. The molecule has 0 N–H and O–H groups in total. The first-order chi connectivity index (χ1) is 14.6. The van der Waals surface area contributed by atoms with E-state index in [9.17, 15) is 9.18 Å². The third-order valence-electron chi connectivity index (χ3n) is 4.56. The van der Waals surface area contributed by atoms with Crippen LogP contribution in [0, 0.1) is 5.82 Å². The van der Waals surface area contributed by atoms with Crippen molar-refractivity contribution in [2.75, 3.05) is 7.11 Å². The summed E-state index contributed by atoms with van der Waals surface area (Å²) in [5.41, 5.74) is 1.29. The lowest BCUT2D eigenvalue weighted by Gasteiger charge is -1.99. The van der Waals surface area contributed by atoms with Gasteiger partial charge in [-0.25, -0.2) is 4.39 Å². The second-order valence-corrected chi connectivity index (χ2v) is 7.49. The Morgan fingerprint density at radius 2 is 1.77 bits per heavy atom. The highest BCUT2D eigenvalue weighted by atomic mass is 32.1. The van der Waals surface area contributed by atoms with Gasteiger partial charge in [0.05, 0.1) is 7.11 Å². The molecular weight excluding hydrogens is 405 g/mol. The third kappa shape index (κ3) is 3.27. The number of furan rings is 1. The molecule has 3 aromatic heterocycles. The fourth-order valence-electron chi connectivity index (χ4n) is 3.03. The van der Waals surface area contributed by atoms with Gasteiger partial charge in [-0.15, -0.1) is 5.10 Å². The number of hydrogen-bond donors (Lipinski definition) is 0. The molecule has 2 aromatic carbocycles. The molecule has 0 aliphatic heterocycles. The van der Waals surface area contributed by atoms with E-state index in [4.69, 9.17) is 9.15 Å². The van der Waals surface area contributed by atoms with Crippen molar-refractivity contribution in [2.45, 2.75) is 0 Å². The molecule has 0 aliphatic rings. The Labute approximate surface area is 173 Å². The van der Waals surface area contributed by atoms with E-state index in [1.807, 2.05) is 24.3 Å². The molecule has 0 bridgehead atoms. The summed E-state index contributed by atoms with van der Waals surface area (Å²) in [5.74, 6) is 2.02. The van der Waals surface area contributed by atoms with Gasteiger partial charge in [-0.1, -0.05) is 11.3 Å². The van der Waals surface area contributed by atoms with Gasteiger partial charge in [0.1, 0.15) is 27.6 Å². The fourth-order valence-corrected chi connectivity index (χ4v) is 3.91. The minimum Gasteiger partial charge on any atom is -0.497 e. The molecule has 8 heteroatoms. The Morgan fingerprint density at radius 3 is 2.47 bits per heavy atom. The van der Waals surface area contributed by atoms with Crippen LogP contribution >= 0.6 is 11.3 Å². The maximum absolute atomic E-state index is 13.1. The van der Waals surface area contributed by atoms with E-state index in [1.165, 1.54) is 28.0 Å². The molecule has 0 atom stereocenters. The van der Waals surface area contributed by atoms with Gasteiger partial charge in [-0.2, -0.15) is 9.50 Å². The average molecular weight is 419 g/mol. The normalized spacial score (nSPS) is 12.0. The quantitative estimate of drug-likeness (QED) is 0.444. The Kier molecular flexibility index (Phi) is 4.40. The molecule has 0 unspecified atom stereocenters. The average Bonchev–Trinajstić information content (AvgIpc) is 3.47. The predicted octanol–water partition coefficient (Wildman–Crippen LogP) is 3.77. The van der Waals surface area contributed by atoms with Crippen molar-refractivity contribution in [3.8, 4) is 28.5 Å². The number of rotatable bonds is 4. The largest absolute Gasteiger partial charge is 0.497 e. The van der Waals surface area contributed by atoms with Gasteiger partial charge in [0.25, 0.3) is 5.56 Å². The van der Waals surface area contributed by atoms with Crippen LogP contribution in [0.5, 0.6) is 5.75 Å². The Balaban J connectivity index is 1.48. The number of benzene rings is 2. The second kappa shape index (κ2) is 7.23. The SMILES string of the molecule is COc1ccc(-c2nc3s/c(=C\c4ccc(-c5ccc(F)cc5)o4)c(=O)n3n2)cc1. The fraction of sp³-hybridized carbons (Fsp3) is 0.0455. The zero-order valence-electron chi connectivity index (χ0n) is 15.7. The molecule has 6 nitrogen and oxygen atoms in total. The number of methoxy groups -OCH3 is 1. The van der Waals surface area contributed by atoms with Gasteiger partial charge in [-0.3, -0.25) is 4.79 Å². The Morgan fingerprint density at radius 1 is 1.03 bits per heavy atom. The Hall–Kier alpha value is -3.78. The van der Waals surface area contributed by atoms with Crippen molar-refractivity contribution in [2.24, 2.45) is 0 Å². The molecule has 3 heterocycles. The lowest BCUT2D eigenvalue weighted by atomic mass is 10.2. The van der Waals surface area contributed by atoms with Crippen molar-refractivity contribution < 1.29 is 13.5 Å². The molecule has 30 heavy (non-hydrogen) atoms. The first-order valence-electron chi connectivity index (χ1n) is 9.02. The van der Waals surface area contributed by atoms with Crippen LogP contribution in [0.1, 0.15) is 5.76 Å². The summed E-state index contributed by atoms with van der Waals surface area (Å²) in [6, 6.07) is 16.9. The summed E-state index contributed by atoms with van der Waals surface area (Å²) in [7, 11) is 1.60. The maximum Gasteiger partial charge on any atom is 0.291 e. The van der Waals surface area contributed by atoms with Crippen LogP contribution in [-0.2, 0) is 0 Å². The second-order valence-electron chi connectivity index (χ2n) is 6.48. The van der Waals surface area contributed by atoms with Gasteiger partial charge in [-0.05, 0) is 60.7 Å². The number of halogens is 1. The summed E-state index contributed by atoms with van der Waals surface area (Å²) in [6.07, 6.45) is 1.66. The summed E-state index contributed by atoms with van der Waals surface area (Å²) in [5, 5.41) is 4.34. The molecule has 0 saturated carbocycles. The van der Waals surface area contributed by atoms with Crippen LogP contribution in [0.25, 0.3) is 33.7 Å². The zero-order chi connectivity index (χ0) is 20.7. The maximum atomic E-state index is 13.1. The number of hydrogen-bond acceptors (Lipinski definition) is 6. The standard InChI is InChI=1S/C22H14FN3O3S/c1-28-16-8-4-14(5-9-16)20-24-22-26(25-20)21(27)19(30-22)12-17-10-11-18(29-17)13-2-6-15(23)7-3-13/h2-12H,1H3/b19-12-. The summed E-state index contributed by atoms with van der Waals surface area (Å²) in [6.45, 7) is 0. The van der Waals surface area contributed by atoms with Crippen LogP contribution in [0.2, 0.25) is 0 Å². The first-order valence-corrected chi connectivity index (χ1v) is 9.84. The minimum atomic E-state index is -0.309. The number of thiazole rings is 1. The number of fused-ring (bicyclic) bond motifs is 1. The molecule has 0 amide bonds. The van der Waals surface area contributed by atoms with E-state index in [0.717, 1.165) is 16.9 Å². The smallest absolute Gasteiger partial charge is 0.291 e. The van der Waals surface area contributed by atoms with Gasteiger partial charge in [0.2, 0.25) is 4.96 Å². The molecule has 0 fully saturated rings. The van der Waals surface area contributed by atoms with Crippen LogP contribution < -0.4 is 14.8 Å². The molecule has 5 rings (SSSR count). The van der Waals surface area contributed by atoms with Crippen LogP contribution in [0.15, 0.2) is 69.9 Å². The molecule has 5 aromatic rings. The highest BCUT2D eigenvalue weighted by Crippen LogP contribution is 2.23. The van der Waals surface area contributed by atoms with Crippen molar-refractivity contribution in [3.05, 3.63) is 87.1 Å². The number of ether oxygens (including phenoxy) is 1. The monoisotopic (exact) mass is 419 g/mol. The third-order valence-corrected chi connectivity index (χ3v) is 5.52. The van der Waals surface area contributed by atoms with E-state index in [2.05, 4.69) is 10.1 Å². The van der Waals surface area contributed by atoms with E-state index < -0.39 is 0 Å². The van der Waals surface area contributed by atoms with Crippen molar-refractivity contribution in [1.29, 1.82) is 0 Å². The van der Waals surface area contributed by atoms with Crippen molar-refractivity contribution in [3.63, 3.8) is 0 Å².